The molecule has 0 saturated heterocycles. The number of hydrogen-bond acceptors (Lipinski definition) is 2. The highest BCUT2D eigenvalue weighted by Gasteiger charge is 2.52. The van der Waals surface area contributed by atoms with Gasteiger partial charge in [-0.25, -0.2) is 0 Å². The van der Waals surface area contributed by atoms with Crippen molar-refractivity contribution in [3.8, 4) is 0 Å². The Morgan fingerprint density at radius 3 is 0.976 bits per heavy atom. The van der Waals surface area contributed by atoms with Crippen LogP contribution in [0.1, 0.15) is 227 Å². The summed E-state index contributed by atoms with van der Waals surface area (Å²) in [7, 11) is 0. The molecule has 0 amide bonds. The second-order valence-electron chi connectivity index (χ2n) is 14.4. The van der Waals surface area contributed by atoms with Gasteiger partial charge in [-0.3, -0.25) is 0 Å². The molecule has 0 aromatic rings. The van der Waals surface area contributed by atoms with E-state index in [9.17, 15) is 10.2 Å². The van der Waals surface area contributed by atoms with Gasteiger partial charge in [0.05, 0.1) is 0 Å². The van der Waals surface area contributed by atoms with E-state index in [1.54, 1.807) is 0 Å². The maximum absolute atomic E-state index is 11.9. The second-order valence-corrected chi connectivity index (χ2v) is 15.6. The van der Waals surface area contributed by atoms with Gasteiger partial charge in [0.2, 0.25) is 0 Å². The number of aliphatic hydroxyl groups is 2. The van der Waals surface area contributed by atoms with E-state index in [2.05, 4.69) is 36.7 Å². The van der Waals surface area contributed by atoms with Crippen molar-refractivity contribution in [3.63, 3.8) is 0 Å². The molecule has 0 aromatic heterocycles. The molecule has 0 heterocycles. The third-order valence-corrected chi connectivity index (χ3v) is 11.7. The fraction of sp³-hybridized carbons (Fsp3) is 1.00. The summed E-state index contributed by atoms with van der Waals surface area (Å²) in [6.45, 7) is 10.8. The lowest BCUT2D eigenvalue weighted by Gasteiger charge is -2.46. The Bertz CT molecular complexity index is 549. The van der Waals surface area contributed by atoms with Gasteiger partial charge >= 0.3 is 0 Å². The molecule has 3 unspecified atom stereocenters. The third-order valence-electron chi connectivity index (χ3n) is 10.1. The summed E-state index contributed by atoms with van der Waals surface area (Å²) >= 11 is 3.60. The Morgan fingerprint density at radius 1 is 0.429 bits per heavy atom. The lowest BCUT2D eigenvalue weighted by molar-refractivity contribution is -0.151. The average Bonchev–Trinajstić information content (AvgIpc) is 2.97. The summed E-state index contributed by atoms with van der Waals surface area (Å²) in [5.41, 5.74) is -1.07. The Kier molecular flexibility index (Phi) is 29.1. The minimum Gasteiger partial charge on any atom is -0.386 e. The third kappa shape index (κ3) is 21.2. The maximum Gasteiger partial charge on any atom is 0.150 e. The summed E-state index contributed by atoms with van der Waals surface area (Å²) < 4.78 is -1.23. The van der Waals surface area contributed by atoms with Crippen molar-refractivity contribution in [3.05, 3.63) is 0 Å². The molecular weight excluding hydrogens is 580 g/mol. The molecule has 2 N–H and O–H groups in total. The van der Waals surface area contributed by atoms with Gasteiger partial charge in [0.15, 0.2) is 0 Å². The minimum absolute atomic E-state index is 0.0343. The fourth-order valence-electron chi connectivity index (χ4n) is 6.74. The predicted octanol–water partition coefficient (Wildman–Crippen LogP) is 13.8. The molecule has 0 aliphatic rings. The van der Waals surface area contributed by atoms with Crippen LogP contribution in [0, 0.1) is 11.8 Å². The summed E-state index contributed by atoms with van der Waals surface area (Å²) in [6.07, 6.45) is 39.5. The highest BCUT2D eigenvalue weighted by atomic mass is 79.9. The molecule has 0 radical (unpaired) electrons. The van der Waals surface area contributed by atoms with E-state index in [1.807, 2.05) is 13.8 Å². The van der Waals surface area contributed by atoms with Crippen molar-refractivity contribution < 1.29 is 10.2 Å². The van der Waals surface area contributed by atoms with E-state index in [-0.39, 0.29) is 11.8 Å². The van der Waals surface area contributed by atoms with Crippen LogP contribution in [-0.2, 0) is 0 Å². The van der Waals surface area contributed by atoms with E-state index >= 15 is 0 Å². The zero-order valence-corrected chi connectivity index (χ0v) is 31.2. The van der Waals surface area contributed by atoms with Crippen LogP contribution in [0.2, 0.25) is 0 Å². The lowest BCUT2D eigenvalue weighted by Crippen LogP contribution is -2.57. The van der Waals surface area contributed by atoms with Crippen LogP contribution in [0.4, 0.5) is 0 Å². The van der Waals surface area contributed by atoms with E-state index < -0.39 is 10.1 Å². The van der Waals surface area contributed by atoms with Crippen molar-refractivity contribution in [1.29, 1.82) is 0 Å². The SMILES string of the molecule is CCCCCCCCCCCCCCCCC(C)C(O)(CCCCCCCCCCCCCCCC)C(O)(Br)C(C)C. The largest absolute Gasteiger partial charge is 0.386 e. The molecule has 0 spiro atoms. The van der Waals surface area contributed by atoms with E-state index in [0.717, 1.165) is 25.7 Å². The van der Waals surface area contributed by atoms with Gasteiger partial charge in [-0.2, -0.15) is 0 Å². The van der Waals surface area contributed by atoms with Crippen molar-refractivity contribution in [2.75, 3.05) is 0 Å². The van der Waals surface area contributed by atoms with Crippen LogP contribution < -0.4 is 0 Å². The van der Waals surface area contributed by atoms with Crippen LogP contribution in [0.3, 0.4) is 0 Å². The van der Waals surface area contributed by atoms with Crippen LogP contribution in [-0.4, -0.2) is 20.3 Å². The summed E-state index contributed by atoms with van der Waals surface area (Å²) in [5.74, 6) is 0.0523. The van der Waals surface area contributed by atoms with Gasteiger partial charge in [0.25, 0.3) is 0 Å². The monoisotopic (exact) mass is 659 g/mol. The van der Waals surface area contributed by atoms with Crippen LogP contribution in [0.25, 0.3) is 0 Å². The molecule has 42 heavy (non-hydrogen) atoms. The first-order chi connectivity index (χ1) is 20.2. The first-order valence-electron chi connectivity index (χ1n) is 19.4. The fourth-order valence-corrected chi connectivity index (χ4v) is 7.33. The Morgan fingerprint density at radius 2 is 0.690 bits per heavy atom. The lowest BCUT2D eigenvalue weighted by atomic mass is 9.73. The van der Waals surface area contributed by atoms with Crippen molar-refractivity contribution in [2.45, 2.75) is 237 Å². The van der Waals surface area contributed by atoms with Gasteiger partial charge in [-0.05, 0) is 24.7 Å². The van der Waals surface area contributed by atoms with E-state index in [0.29, 0.717) is 6.42 Å². The first kappa shape index (κ1) is 42.4. The van der Waals surface area contributed by atoms with Gasteiger partial charge in [0.1, 0.15) is 10.1 Å². The van der Waals surface area contributed by atoms with Gasteiger partial charge in [0, 0.05) is 0 Å². The molecule has 254 valence electrons. The second kappa shape index (κ2) is 28.8. The van der Waals surface area contributed by atoms with Crippen molar-refractivity contribution in [1.82, 2.24) is 0 Å². The Labute approximate surface area is 274 Å². The number of unbranched alkanes of at least 4 members (excludes halogenated alkanes) is 26. The quantitative estimate of drug-likeness (QED) is 0.0544. The summed E-state index contributed by atoms with van der Waals surface area (Å²) in [6, 6.07) is 0. The van der Waals surface area contributed by atoms with Crippen LogP contribution >= 0.6 is 15.9 Å². The minimum atomic E-state index is -1.23. The predicted molar refractivity (Wildman–Crippen MR) is 193 cm³/mol. The molecule has 0 rings (SSSR count). The molecule has 0 aliphatic heterocycles. The van der Waals surface area contributed by atoms with Crippen molar-refractivity contribution in [2.24, 2.45) is 11.8 Å². The number of alkyl halides is 1. The van der Waals surface area contributed by atoms with Gasteiger partial charge in [-0.1, -0.05) is 230 Å². The standard InChI is InChI=1S/C39H79BrO2/c1-6-8-10-12-14-16-18-20-22-24-26-28-30-32-34-37(5)38(41,39(40,42)36(3)4)35-33-31-29-27-25-23-21-19-17-15-13-11-9-7-2/h36-37,41-42H,6-35H2,1-5H3. The molecule has 0 aliphatic carbocycles. The molecule has 0 aromatic carbocycles. The zero-order chi connectivity index (χ0) is 31.4. The van der Waals surface area contributed by atoms with Crippen LogP contribution in [0.5, 0.6) is 0 Å². The maximum atomic E-state index is 11.9. The molecular formula is C39H79BrO2. The van der Waals surface area contributed by atoms with Crippen LogP contribution in [0.15, 0.2) is 0 Å². The smallest absolute Gasteiger partial charge is 0.150 e. The molecule has 3 heteroatoms. The van der Waals surface area contributed by atoms with Gasteiger partial charge in [-0.15, -0.1) is 0 Å². The van der Waals surface area contributed by atoms with Gasteiger partial charge < -0.3 is 10.2 Å². The number of hydrogen-bond donors (Lipinski definition) is 2. The summed E-state index contributed by atoms with van der Waals surface area (Å²) in [5, 5.41) is 23.2. The Hall–Kier alpha value is 0.400. The average molecular weight is 660 g/mol. The highest BCUT2D eigenvalue weighted by molar-refractivity contribution is 9.10. The normalized spacial score (nSPS) is 15.6. The molecule has 0 bridgehead atoms. The van der Waals surface area contributed by atoms with E-state index in [1.165, 1.54) is 161 Å². The molecule has 0 saturated carbocycles. The Balaban J connectivity index is 4.07. The van der Waals surface area contributed by atoms with E-state index in [4.69, 9.17) is 0 Å². The molecule has 2 nitrogen and oxygen atoms in total. The molecule has 3 atom stereocenters. The number of rotatable bonds is 33. The first-order valence-corrected chi connectivity index (χ1v) is 20.2. The highest BCUT2D eigenvalue weighted by Crippen LogP contribution is 2.45. The zero-order valence-electron chi connectivity index (χ0n) is 29.6. The van der Waals surface area contributed by atoms with Crippen molar-refractivity contribution >= 4 is 15.9 Å². The summed E-state index contributed by atoms with van der Waals surface area (Å²) in [4.78, 5) is 0. The topological polar surface area (TPSA) is 40.5 Å². The number of halogens is 1. The molecule has 0 fully saturated rings.